The number of imide groups is 1. The number of phenols is 1. The van der Waals surface area contributed by atoms with Gasteiger partial charge in [-0.1, -0.05) is 47.5 Å². The van der Waals surface area contributed by atoms with E-state index in [1.165, 1.54) is 17.0 Å². The van der Waals surface area contributed by atoms with E-state index in [9.17, 15) is 14.7 Å². The zero-order valence-electron chi connectivity index (χ0n) is 17.0. The molecule has 1 aliphatic rings. The number of aryl methyl sites for hydroxylation is 1. The Hall–Kier alpha value is -3.42. The van der Waals surface area contributed by atoms with Crippen molar-refractivity contribution in [3.05, 3.63) is 93.3 Å². The van der Waals surface area contributed by atoms with Crippen molar-refractivity contribution in [2.45, 2.75) is 13.5 Å². The first-order valence-corrected chi connectivity index (χ1v) is 10.9. The average molecular weight is 464 g/mol. The van der Waals surface area contributed by atoms with Crippen LogP contribution in [-0.4, -0.2) is 21.2 Å². The molecular weight excluding hydrogens is 446 g/mol. The standard InChI is InChI=1S/C24H18ClN3O3S/c1-15-5-7-16(8-6-15)14-28-23(30)22(32-24(28)31)12-17-11-20(9-10-21(17)29)27-26-19-4-2-3-18(25)13-19/h2-13,29H,14H2,1H3/b22-12-,27-26?. The second-order valence-corrected chi connectivity index (χ2v) is 8.61. The number of amides is 2. The molecule has 0 aliphatic carbocycles. The Morgan fingerprint density at radius 1 is 1.00 bits per heavy atom. The summed E-state index contributed by atoms with van der Waals surface area (Å²) in [5.41, 5.74) is 3.40. The average Bonchev–Trinajstić information content (AvgIpc) is 3.03. The lowest BCUT2D eigenvalue weighted by Gasteiger charge is -2.12. The van der Waals surface area contributed by atoms with Crippen LogP contribution in [0.1, 0.15) is 16.7 Å². The lowest BCUT2D eigenvalue weighted by Crippen LogP contribution is -2.27. The van der Waals surface area contributed by atoms with Gasteiger partial charge in [-0.3, -0.25) is 14.5 Å². The Labute approximate surface area is 194 Å². The topological polar surface area (TPSA) is 82.3 Å². The highest BCUT2D eigenvalue weighted by Gasteiger charge is 2.35. The zero-order valence-corrected chi connectivity index (χ0v) is 18.6. The van der Waals surface area contributed by atoms with E-state index in [0.717, 1.165) is 22.9 Å². The molecule has 4 rings (SSSR count). The summed E-state index contributed by atoms with van der Waals surface area (Å²) in [5, 5.41) is 18.7. The lowest BCUT2D eigenvalue weighted by atomic mass is 10.1. The number of carbonyl (C=O) groups is 2. The van der Waals surface area contributed by atoms with Gasteiger partial charge in [-0.2, -0.15) is 10.2 Å². The fourth-order valence-electron chi connectivity index (χ4n) is 3.03. The van der Waals surface area contributed by atoms with Crippen molar-refractivity contribution in [3.8, 4) is 5.75 Å². The minimum absolute atomic E-state index is 0.0305. The van der Waals surface area contributed by atoms with Gasteiger partial charge >= 0.3 is 0 Å². The van der Waals surface area contributed by atoms with Crippen molar-refractivity contribution >= 4 is 52.0 Å². The molecule has 2 amide bonds. The molecule has 1 heterocycles. The first-order chi connectivity index (χ1) is 15.4. The molecule has 1 aliphatic heterocycles. The molecule has 0 bridgehead atoms. The number of carbonyl (C=O) groups excluding carboxylic acids is 2. The molecule has 0 spiro atoms. The van der Waals surface area contributed by atoms with Gasteiger partial charge in [0.15, 0.2) is 0 Å². The molecule has 0 saturated carbocycles. The summed E-state index contributed by atoms with van der Waals surface area (Å²) in [6, 6.07) is 19.3. The number of thioether (sulfide) groups is 1. The first-order valence-electron chi connectivity index (χ1n) is 9.70. The Balaban J connectivity index is 1.55. The van der Waals surface area contributed by atoms with Crippen LogP contribution in [0.15, 0.2) is 81.9 Å². The van der Waals surface area contributed by atoms with E-state index in [2.05, 4.69) is 10.2 Å². The molecule has 6 nitrogen and oxygen atoms in total. The van der Waals surface area contributed by atoms with Gasteiger partial charge in [0.25, 0.3) is 11.1 Å². The Bertz CT molecular complexity index is 1260. The summed E-state index contributed by atoms with van der Waals surface area (Å²) in [5.74, 6) is -0.428. The van der Waals surface area contributed by atoms with E-state index in [0.29, 0.717) is 22.0 Å². The van der Waals surface area contributed by atoms with Gasteiger partial charge < -0.3 is 5.11 Å². The summed E-state index contributed by atoms with van der Waals surface area (Å²) >= 11 is 6.80. The third kappa shape index (κ3) is 5.07. The highest BCUT2D eigenvalue weighted by atomic mass is 35.5. The maximum Gasteiger partial charge on any atom is 0.293 e. The Morgan fingerprint density at radius 3 is 2.44 bits per heavy atom. The Kier molecular flexibility index (Phi) is 6.39. The van der Waals surface area contributed by atoms with E-state index >= 15 is 0 Å². The van der Waals surface area contributed by atoms with Gasteiger partial charge in [-0.25, -0.2) is 0 Å². The second-order valence-electron chi connectivity index (χ2n) is 7.18. The van der Waals surface area contributed by atoms with Gasteiger partial charge in [0.2, 0.25) is 0 Å². The molecule has 8 heteroatoms. The van der Waals surface area contributed by atoms with E-state index < -0.39 is 5.91 Å². The molecule has 3 aromatic carbocycles. The number of rotatable bonds is 5. The van der Waals surface area contributed by atoms with Crippen molar-refractivity contribution in [2.75, 3.05) is 0 Å². The molecule has 0 aromatic heterocycles. The molecule has 32 heavy (non-hydrogen) atoms. The largest absolute Gasteiger partial charge is 0.507 e. The SMILES string of the molecule is Cc1ccc(CN2C(=O)S/C(=C\c3cc(N=Nc4cccc(Cl)c4)ccc3O)C2=O)cc1. The fraction of sp³-hybridized carbons (Fsp3) is 0.0833. The molecule has 3 aromatic rings. The van der Waals surface area contributed by atoms with Crippen molar-refractivity contribution in [2.24, 2.45) is 10.2 Å². The van der Waals surface area contributed by atoms with Crippen molar-refractivity contribution < 1.29 is 14.7 Å². The number of phenolic OH excluding ortho intramolecular Hbond substituents is 1. The fourth-order valence-corrected chi connectivity index (χ4v) is 4.04. The maximum atomic E-state index is 12.8. The highest BCUT2D eigenvalue weighted by Crippen LogP contribution is 2.36. The summed E-state index contributed by atoms with van der Waals surface area (Å²) in [4.78, 5) is 26.7. The third-order valence-corrected chi connectivity index (χ3v) is 5.86. The normalized spacial score (nSPS) is 15.3. The predicted molar refractivity (Wildman–Crippen MR) is 126 cm³/mol. The molecule has 0 radical (unpaired) electrons. The van der Waals surface area contributed by atoms with Crippen molar-refractivity contribution in [1.29, 1.82) is 0 Å². The molecule has 1 saturated heterocycles. The second kappa shape index (κ2) is 9.38. The van der Waals surface area contributed by atoms with Crippen LogP contribution in [0, 0.1) is 6.92 Å². The van der Waals surface area contributed by atoms with Gasteiger partial charge in [0.1, 0.15) is 5.75 Å². The molecule has 0 atom stereocenters. The van der Waals surface area contributed by atoms with Gasteiger partial charge in [0, 0.05) is 10.6 Å². The van der Waals surface area contributed by atoms with E-state index in [1.807, 2.05) is 31.2 Å². The summed E-state index contributed by atoms with van der Waals surface area (Å²) < 4.78 is 0. The molecule has 160 valence electrons. The summed E-state index contributed by atoms with van der Waals surface area (Å²) in [7, 11) is 0. The van der Waals surface area contributed by atoms with Gasteiger partial charge in [-0.15, -0.1) is 0 Å². The van der Waals surface area contributed by atoms with Crippen LogP contribution >= 0.6 is 23.4 Å². The molecular formula is C24H18ClN3O3S. The Morgan fingerprint density at radius 2 is 1.72 bits per heavy atom. The predicted octanol–water partition coefficient (Wildman–Crippen LogP) is 7.01. The molecule has 0 unspecified atom stereocenters. The number of nitrogens with zero attached hydrogens (tertiary/aromatic N) is 3. The lowest BCUT2D eigenvalue weighted by molar-refractivity contribution is -0.123. The van der Waals surface area contributed by atoms with Gasteiger partial charge in [0.05, 0.1) is 22.8 Å². The number of benzene rings is 3. The van der Waals surface area contributed by atoms with Crippen molar-refractivity contribution in [3.63, 3.8) is 0 Å². The monoisotopic (exact) mass is 463 g/mol. The molecule has 1 N–H and O–H groups in total. The van der Waals surface area contributed by atoms with E-state index in [1.54, 1.807) is 36.4 Å². The molecule has 1 fully saturated rings. The van der Waals surface area contributed by atoms with Crippen LogP contribution in [0.25, 0.3) is 6.08 Å². The van der Waals surface area contributed by atoms with E-state index in [-0.39, 0.29) is 22.4 Å². The summed E-state index contributed by atoms with van der Waals surface area (Å²) in [6.45, 7) is 2.17. The highest BCUT2D eigenvalue weighted by molar-refractivity contribution is 8.18. The number of azo groups is 1. The third-order valence-electron chi connectivity index (χ3n) is 4.72. The van der Waals surface area contributed by atoms with Crippen LogP contribution in [-0.2, 0) is 11.3 Å². The number of hydrogen-bond acceptors (Lipinski definition) is 6. The zero-order chi connectivity index (χ0) is 22.7. The van der Waals surface area contributed by atoms with Crippen molar-refractivity contribution in [1.82, 2.24) is 4.90 Å². The number of halogens is 1. The first kappa shape index (κ1) is 21.8. The van der Waals surface area contributed by atoms with Crippen LogP contribution in [0.4, 0.5) is 16.2 Å². The van der Waals surface area contributed by atoms with Crippen LogP contribution in [0.5, 0.6) is 5.75 Å². The number of aromatic hydroxyl groups is 1. The minimum atomic E-state index is -0.397. The smallest absolute Gasteiger partial charge is 0.293 e. The quantitative estimate of drug-likeness (QED) is 0.326. The van der Waals surface area contributed by atoms with Crippen LogP contribution in [0.2, 0.25) is 5.02 Å². The minimum Gasteiger partial charge on any atom is -0.507 e. The summed E-state index contributed by atoms with van der Waals surface area (Å²) in [6.07, 6.45) is 1.49. The maximum absolute atomic E-state index is 12.8. The number of hydrogen-bond donors (Lipinski definition) is 1. The van der Waals surface area contributed by atoms with Crippen LogP contribution in [0.3, 0.4) is 0 Å². The van der Waals surface area contributed by atoms with Gasteiger partial charge in [-0.05, 0) is 66.7 Å². The van der Waals surface area contributed by atoms with E-state index in [4.69, 9.17) is 11.6 Å². The van der Waals surface area contributed by atoms with Crippen LogP contribution < -0.4 is 0 Å².